The summed E-state index contributed by atoms with van der Waals surface area (Å²) in [6.45, 7) is 8.49. The monoisotopic (exact) mass is 365 g/mol. The molecule has 3 aliphatic heterocycles. The topological polar surface area (TPSA) is 35.6 Å². The maximum atomic E-state index is 13.1. The minimum Gasteiger partial charge on any atom is -0.340 e. The predicted molar refractivity (Wildman–Crippen MR) is 99.7 cm³/mol. The molecular formula is C17H33Cl2N3O. The first-order chi connectivity index (χ1) is 10.1. The molecule has 2 bridgehead atoms. The van der Waals surface area contributed by atoms with Gasteiger partial charge in [0.25, 0.3) is 0 Å². The van der Waals surface area contributed by atoms with Crippen LogP contribution in [-0.2, 0) is 4.79 Å². The SMILES string of the molecule is CC(C)C(C(=O)N1CCC2CCC(C1)N2)N1CCCCC1.Cl.Cl. The van der Waals surface area contributed by atoms with Crippen LogP contribution in [0.4, 0.5) is 0 Å². The smallest absolute Gasteiger partial charge is 0.240 e. The van der Waals surface area contributed by atoms with Gasteiger partial charge < -0.3 is 10.2 Å². The van der Waals surface area contributed by atoms with Crippen LogP contribution in [0.1, 0.15) is 52.4 Å². The van der Waals surface area contributed by atoms with E-state index >= 15 is 0 Å². The average molecular weight is 366 g/mol. The van der Waals surface area contributed by atoms with Crippen molar-refractivity contribution in [3.63, 3.8) is 0 Å². The van der Waals surface area contributed by atoms with Gasteiger partial charge in [-0.2, -0.15) is 0 Å². The lowest BCUT2D eigenvalue weighted by Crippen LogP contribution is -2.54. The van der Waals surface area contributed by atoms with E-state index in [4.69, 9.17) is 0 Å². The quantitative estimate of drug-likeness (QED) is 0.834. The van der Waals surface area contributed by atoms with Gasteiger partial charge in [-0.15, -0.1) is 24.8 Å². The van der Waals surface area contributed by atoms with E-state index in [-0.39, 0.29) is 30.9 Å². The Morgan fingerprint density at radius 3 is 2.26 bits per heavy atom. The second-order valence-electron chi connectivity index (χ2n) is 7.50. The fourth-order valence-corrected chi connectivity index (χ4v) is 4.39. The third-order valence-corrected chi connectivity index (χ3v) is 5.50. The molecule has 0 aromatic heterocycles. The molecule has 1 N–H and O–H groups in total. The highest BCUT2D eigenvalue weighted by Gasteiger charge is 2.37. The summed E-state index contributed by atoms with van der Waals surface area (Å²) < 4.78 is 0. The maximum Gasteiger partial charge on any atom is 0.240 e. The summed E-state index contributed by atoms with van der Waals surface area (Å²) in [5, 5.41) is 3.68. The molecule has 3 aliphatic rings. The largest absolute Gasteiger partial charge is 0.340 e. The molecule has 4 nitrogen and oxygen atoms in total. The molecule has 3 saturated heterocycles. The number of likely N-dealkylation sites (tertiary alicyclic amines) is 2. The Bertz CT molecular complexity index is 375. The van der Waals surface area contributed by atoms with Crippen molar-refractivity contribution in [3.8, 4) is 0 Å². The van der Waals surface area contributed by atoms with Crippen LogP contribution in [0.15, 0.2) is 0 Å². The van der Waals surface area contributed by atoms with Crippen LogP contribution in [0.3, 0.4) is 0 Å². The van der Waals surface area contributed by atoms with Gasteiger partial charge in [0.15, 0.2) is 0 Å². The van der Waals surface area contributed by atoms with Gasteiger partial charge in [0.05, 0.1) is 6.04 Å². The standard InChI is InChI=1S/C17H31N3O.2ClH/c1-13(2)16(19-9-4-3-5-10-19)17(21)20-11-8-14-6-7-15(12-20)18-14;;/h13-16,18H,3-12H2,1-2H3;2*1H. The molecule has 0 radical (unpaired) electrons. The number of nitrogens with zero attached hydrogens (tertiary/aromatic N) is 2. The van der Waals surface area contributed by atoms with Gasteiger partial charge in [-0.25, -0.2) is 0 Å². The van der Waals surface area contributed by atoms with Gasteiger partial charge in [0.1, 0.15) is 0 Å². The summed E-state index contributed by atoms with van der Waals surface area (Å²) in [4.78, 5) is 17.7. The highest BCUT2D eigenvalue weighted by Crippen LogP contribution is 2.24. The Balaban J connectivity index is 0.00000132. The molecule has 0 aromatic carbocycles. The minimum atomic E-state index is 0. The Kier molecular flexibility index (Phi) is 8.64. The van der Waals surface area contributed by atoms with Crippen molar-refractivity contribution in [2.75, 3.05) is 26.2 Å². The molecule has 3 rings (SSSR count). The number of halogens is 2. The Hall–Kier alpha value is -0.0300. The van der Waals surface area contributed by atoms with Crippen molar-refractivity contribution in [3.05, 3.63) is 0 Å². The zero-order chi connectivity index (χ0) is 14.8. The van der Waals surface area contributed by atoms with Crippen molar-refractivity contribution in [2.45, 2.75) is 70.5 Å². The van der Waals surface area contributed by atoms with Crippen LogP contribution in [0.5, 0.6) is 0 Å². The molecule has 0 aromatic rings. The van der Waals surface area contributed by atoms with Gasteiger partial charge in [-0.05, 0) is 51.1 Å². The van der Waals surface area contributed by atoms with E-state index in [1.165, 1.54) is 32.1 Å². The zero-order valence-corrected chi connectivity index (χ0v) is 16.1. The highest BCUT2D eigenvalue weighted by molar-refractivity contribution is 5.85. The second-order valence-corrected chi connectivity index (χ2v) is 7.50. The van der Waals surface area contributed by atoms with Crippen molar-refractivity contribution >= 4 is 30.7 Å². The summed E-state index contributed by atoms with van der Waals surface area (Å²) in [6, 6.07) is 1.29. The van der Waals surface area contributed by atoms with Gasteiger partial charge in [-0.1, -0.05) is 20.3 Å². The molecule has 0 aliphatic carbocycles. The average Bonchev–Trinajstić information content (AvgIpc) is 2.79. The van der Waals surface area contributed by atoms with E-state index in [1.54, 1.807) is 0 Å². The number of amides is 1. The molecule has 6 heteroatoms. The zero-order valence-electron chi connectivity index (χ0n) is 14.5. The predicted octanol–water partition coefficient (Wildman–Crippen LogP) is 2.69. The highest BCUT2D eigenvalue weighted by atomic mass is 35.5. The summed E-state index contributed by atoms with van der Waals surface area (Å²) in [6.07, 6.45) is 7.50. The number of nitrogens with one attached hydrogen (secondary N) is 1. The van der Waals surface area contributed by atoms with E-state index in [1.807, 2.05) is 0 Å². The van der Waals surface area contributed by atoms with Crippen LogP contribution < -0.4 is 5.32 Å². The van der Waals surface area contributed by atoms with Crippen LogP contribution in [0.2, 0.25) is 0 Å². The first-order valence-corrected chi connectivity index (χ1v) is 8.94. The third-order valence-electron chi connectivity index (χ3n) is 5.50. The molecule has 3 fully saturated rings. The van der Waals surface area contributed by atoms with Crippen LogP contribution >= 0.6 is 24.8 Å². The summed E-state index contributed by atoms with van der Waals surface area (Å²) in [7, 11) is 0. The van der Waals surface area contributed by atoms with Gasteiger partial charge >= 0.3 is 0 Å². The number of carbonyl (C=O) groups excluding carboxylic acids is 1. The molecule has 136 valence electrons. The Labute approximate surface area is 153 Å². The lowest BCUT2D eigenvalue weighted by molar-refractivity contribution is -0.139. The molecule has 23 heavy (non-hydrogen) atoms. The number of hydrogen-bond acceptors (Lipinski definition) is 3. The van der Waals surface area contributed by atoms with Crippen molar-refractivity contribution in [1.29, 1.82) is 0 Å². The molecular weight excluding hydrogens is 333 g/mol. The molecule has 1 amide bonds. The van der Waals surface area contributed by atoms with E-state index < -0.39 is 0 Å². The van der Waals surface area contributed by atoms with Crippen LogP contribution in [-0.4, -0.2) is 60.0 Å². The number of carbonyl (C=O) groups is 1. The fourth-order valence-electron chi connectivity index (χ4n) is 4.39. The van der Waals surface area contributed by atoms with E-state index in [2.05, 4.69) is 29.0 Å². The summed E-state index contributed by atoms with van der Waals surface area (Å²) in [5.74, 6) is 0.797. The maximum absolute atomic E-state index is 13.1. The number of fused-ring (bicyclic) bond motifs is 2. The minimum absolute atomic E-state index is 0. The fraction of sp³-hybridized carbons (Fsp3) is 0.941. The Morgan fingerprint density at radius 2 is 1.61 bits per heavy atom. The molecule has 3 unspecified atom stereocenters. The van der Waals surface area contributed by atoms with Gasteiger partial charge in [-0.3, -0.25) is 9.69 Å². The molecule has 0 spiro atoms. The van der Waals surface area contributed by atoms with E-state index in [0.717, 1.165) is 32.6 Å². The Morgan fingerprint density at radius 1 is 0.957 bits per heavy atom. The number of hydrogen-bond donors (Lipinski definition) is 1. The first kappa shape index (κ1) is 21.0. The van der Waals surface area contributed by atoms with Crippen molar-refractivity contribution in [1.82, 2.24) is 15.1 Å². The van der Waals surface area contributed by atoms with Crippen molar-refractivity contribution in [2.24, 2.45) is 5.92 Å². The summed E-state index contributed by atoms with van der Waals surface area (Å²) >= 11 is 0. The second kappa shape index (κ2) is 9.45. The van der Waals surface area contributed by atoms with Crippen LogP contribution in [0, 0.1) is 5.92 Å². The van der Waals surface area contributed by atoms with Crippen molar-refractivity contribution < 1.29 is 4.79 Å². The molecule has 3 atom stereocenters. The van der Waals surface area contributed by atoms with Crippen LogP contribution in [0.25, 0.3) is 0 Å². The van der Waals surface area contributed by atoms with Gasteiger partial charge in [0, 0.05) is 25.2 Å². The van der Waals surface area contributed by atoms with E-state index in [9.17, 15) is 4.79 Å². The normalized spacial score (nSPS) is 29.4. The first-order valence-electron chi connectivity index (χ1n) is 8.94. The van der Waals surface area contributed by atoms with E-state index in [0.29, 0.717) is 23.9 Å². The summed E-state index contributed by atoms with van der Waals surface area (Å²) in [5.41, 5.74) is 0. The number of rotatable bonds is 3. The number of piperidine rings is 1. The third kappa shape index (κ3) is 4.97. The lowest BCUT2D eigenvalue weighted by atomic mass is 9.97. The lowest BCUT2D eigenvalue weighted by Gasteiger charge is -2.39. The van der Waals surface area contributed by atoms with Gasteiger partial charge in [0.2, 0.25) is 5.91 Å². The molecule has 3 heterocycles. The molecule has 0 saturated carbocycles.